The minimum Gasteiger partial charge on any atom is -0.350 e. The van der Waals surface area contributed by atoms with Gasteiger partial charge < -0.3 is 10.2 Å². The highest BCUT2D eigenvalue weighted by Crippen LogP contribution is 2.39. The fraction of sp³-hybridized carbons (Fsp3) is 0.353. The Labute approximate surface area is 129 Å². The van der Waals surface area contributed by atoms with Crippen molar-refractivity contribution < 1.29 is 4.79 Å². The lowest BCUT2D eigenvalue weighted by molar-refractivity contribution is 0.0955. The second-order valence-electron chi connectivity index (χ2n) is 5.68. The SMILES string of the molecule is CN(C)CCNC(=O)c1cc2c(s1)-c1ccccc1CC2. The highest BCUT2D eigenvalue weighted by molar-refractivity contribution is 7.17. The molecule has 0 unspecified atom stereocenters. The second-order valence-corrected chi connectivity index (χ2v) is 6.73. The normalized spacial score (nSPS) is 12.9. The summed E-state index contributed by atoms with van der Waals surface area (Å²) in [6.07, 6.45) is 2.11. The first kappa shape index (κ1) is 14.3. The van der Waals surface area contributed by atoms with Crippen molar-refractivity contribution in [3.8, 4) is 10.4 Å². The molecule has 2 aromatic rings. The number of carbonyl (C=O) groups excluding carboxylic acids is 1. The van der Waals surface area contributed by atoms with Crippen LogP contribution in [-0.2, 0) is 12.8 Å². The minimum atomic E-state index is 0.0498. The van der Waals surface area contributed by atoms with Gasteiger partial charge in [-0.3, -0.25) is 4.79 Å². The molecule has 1 heterocycles. The van der Waals surface area contributed by atoms with Gasteiger partial charge in [0, 0.05) is 18.0 Å². The molecule has 0 saturated heterocycles. The number of likely N-dealkylation sites (N-methyl/N-ethyl adjacent to an activating group) is 1. The van der Waals surface area contributed by atoms with Crippen LogP contribution in [-0.4, -0.2) is 38.0 Å². The van der Waals surface area contributed by atoms with E-state index in [9.17, 15) is 4.79 Å². The van der Waals surface area contributed by atoms with Gasteiger partial charge in [0.05, 0.1) is 4.88 Å². The molecule has 0 radical (unpaired) electrons. The zero-order chi connectivity index (χ0) is 14.8. The Morgan fingerprint density at radius 1 is 1.24 bits per heavy atom. The molecule has 0 atom stereocenters. The smallest absolute Gasteiger partial charge is 0.261 e. The molecule has 1 N–H and O–H groups in total. The zero-order valence-corrected chi connectivity index (χ0v) is 13.3. The number of nitrogens with zero attached hydrogens (tertiary/aromatic N) is 1. The van der Waals surface area contributed by atoms with Gasteiger partial charge in [-0.1, -0.05) is 24.3 Å². The van der Waals surface area contributed by atoms with Gasteiger partial charge in [0.15, 0.2) is 0 Å². The summed E-state index contributed by atoms with van der Waals surface area (Å²) in [5.41, 5.74) is 4.01. The minimum absolute atomic E-state index is 0.0498. The van der Waals surface area contributed by atoms with E-state index in [-0.39, 0.29) is 5.91 Å². The van der Waals surface area contributed by atoms with E-state index in [0.717, 1.165) is 24.3 Å². The van der Waals surface area contributed by atoms with E-state index >= 15 is 0 Å². The fourth-order valence-corrected chi connectivity index (χ4v) is 3.85. The lowest BCUT2D eigenvalue weighted by atomic mass is 9.91. The molecule has 1 aromatic heterocycles. The van der Waals surface area contributed by atoms with Crippen LogP contribution >= 0.6 is 11.3 Å². The fourth-order valence-electron chi connectivity index (χ4n) is 2.66. The maximum absolute atomic E-state index is 12.2. The number of hydrogen-bond acceptors (Lipinski definition) is 3. The van der Waals surface area contributed by atoms with Crippen LogP contribution in [0, 0.1) is 0 Å². The number of hydrogen-bond donors (Lipinski definition) is 1. The summed E-state index contributed by atoms with van der Waals surface area (Å²) in [5, 5.41) is 2.99. The number of thiophene rings is 1. The predicted octanol–water partition coefficient (Wildman–Crippen LogP) is 2.81. The maximum Gasteiger partial charge on any atom is 0.261 e. The van der Waals surface area contributed by atoms with Gasteiger partial charge in [-0.2, -0.15) is 0 Å². The Morgan fingerprint density at radius 2 is 2.00 bits per heavy atom. The molecule has 0 saturated carbocycles. The topological polar surface area (TPSA) is 32.3 Å². The molecule has 3 nitrogen and oxygen atoms in total. The molecule has 1 aliphatic rings. The van der Waals surface area contributed by atoms with Crippen molar-refractivity contribution >= 4 is 17.2 Å². The van der Waals surface area contributed by atoms with Gasteiger partial charge in [0.2, 0.25) is 0 Å². The average molecular weight is 300 g/mol. The van der Waals surface area contributed by atoms with Gasteiger partial charge in [-0.15, -0.1) is 11.3 Å². The van der Waals surface area contributed by atoms with Crippen LogP contribution in [0.5, 0.6) is 0 Å². The van der Waals surface area contributed by atoms with Gasteiger partial charge in [0.25, 0.3) is 5.91 Å². The zero-order valence-electron chi connectivity index (χ0n) is 12.5. The average Bonchev–Trinajstić information content (AvgIpc) is 2.91. The summed E-state index contributed by atoms with van der Waals surface area (Å²) in [4.78, 5) is 16.4. The molecule has 4 heteroatoms. The van der Waals surface area contributed by atoms with Crippen LogP contribution in [0.25, 0.3) is 10.4 Å². The van der Waals surface area contributed by atoms with Crippen molar-refractivity contribution in [2.75, 3.05) is 27.2 Å². The first-order valence-electron chi connectivity index (χ1n) is 7.29. The summed E-state index contributed by atoms with van der Waals surface area (Å²) in [6.45, 7) is 1.55. The molecule has 1 aliphatic carbocycles. The quantitative estimate of drug-likeness (QED) is 0.941. The largest absolute Gasteiger partial charge is 0.350 e. The van der Waals surface area contributed by atoms with Crippen molar-refractivity contribution in [1.82, 2.24) is 10.2 Å². The molecule has 110 valence electrons. The molecule has 1 aromatic carbocycles. The lowest BCUT2D eigenvalue weighted by Crippen LogP contribution is -2.30. The molecular weight excluding hydrogens is 280 g/mol. The van der Waals surface area contributed by atoms with Crippen molar-refractivity contribution in [1.29, 1.82) is 0 Å². The molecule has 21 heavy (non-hydrogen) atoms. The summed E-state index contributed by atoms with van der Waals surface area (Å²) in [6, 6.07) is 10.6. The maximum atomic E-state index is 12.2. The van der Waals surface area contributed by atoms with Crippen molar-refractivity contribution in [2.24, 2.45) is 0 Å². The number of benzene rings is 1. The van der Waals surface area contributed by atoms with Crippen LogP contribution < -0.4 is 5.32 Å². The summed E-state index contributed by atoms with van der Waals surface area (Å²) in [7, 11) is 4.01. The Morgan fingerprint density at radius 3 is 2.81 bits per heavy atom. The third-order valence-corrected chi connectivity index (χ3v) is 5.01. The van der Waals surface area contributed by atoms with E-state index in [1.54, 1.807) is 11.3 Å². The van der Waals surface area contributed by atoms with Crippen LogP contribution in [0.1, 0.15) is 20.8 Å². The summed E-state index contributed by atoms with van der Waals surface area (Å²) < 4.78 is 0. The number of rotatable bonds is 4. The first-order valence-corrected chi connectivity index (χ1v) is 8.10. The third kappa shape index (κ3) is 3.01. The molecule has 1 amide bonds. The summed E-state index contributed by atoms with van der Waals surface area (Å²) in [5.74, 6) is 0.0498. The van der Waals surface area contributed by atoms with Crippen molar-refractivity contribution in [3.63, 3.8) is 0 Å². The van der Waals surface area contributed by atoms with E-state index in [0.29, 0.717) is 6.54 Å². The predicted molar refractivity (Wildman–Crippen MR) is 88.1 cm³/mol. The van der Waals surface area contributed by atoms with E-state index in [1.807, 2.05) is 14.1 Å². The van der Waals surface area contributed by atoms with Crippen LogP contribution in [0.15, 0.2) is 30.3 Å². The van der Waals surface area contributed by atoms with Gasteiger partial charge >= 0.3 is 0 Å². The molecular formula is C17H20N2OS. The van der Waals surface area contributed by atoms with Gasteiger partial charge in [-0.25, -0.2) is 0 Å². The molecule has 0 fully saturated rings. The Hall–Kier alpha value is -1.65. The Kier molecular flexibility index (Phi) is 4.08. The lowest BCUT2D eigenvalue weighted by Gasteiger charge is -2.15. The number of aryl methyl sites for hydroxylation is 2. The monoisotopic (exact) mass is 300 g/mol. The first-order chi connectivity index (χ1) is 10.1. The Bertz CT molecular complexity index is 661. The third-order valence-electron chi connectivity index (χ3n) is 3.80. The van der Waals surface area contributed by atoms with E-state index in [2.05, 4.69) is 40.5 Å². The molecule has 3 rings (SSSR count). The van der Waals surface area contributed by atoms with Crippen LogP contribution in [0.3, 0.4) is 0 Å². The highest BCUT2D eigenvalue weighted by atomic mass is 32.1. The highest BCUT2D eigenvalue weighted by Gasteiger charge is 2.21. The molecule has 0 bridgehead atoms. The summed E-state index contributed by atoms with van der Waals surface area (Å²) >= 11 is 1.62. The van der Waals surface area contributed by atoms with Gasteiger partial charge in [0.1, 0.15) is 0 Å². The van der Waals surface area contributed by atoms with Crippen molar-refractivity contribution in [2.45, 2.75) is 12.8 Å². The van der Waals surface area contributed by atoms with Gasteiger partial charge in [-0.05, 0) is 49.7 Å². The number of carbonyl (C=O) groups is 1. The number of nitrogens with one attached hydrogen (secondary N) is 1. The van der Waals surface area contributed by atoms with E-state index in [1.165, 1.54) is 21.6 Å². The molecule has 0 spiro atoms. The van der Waals surface area contributed by atoms with Crippen LogP contribution in [0.4, 0.5) is 0 Å². The number of fused-ring (bicyclic) bond motifs is 3. The van der Waals surface area contributed by atoms with Crippen molar-refractivity contribution in [3.05, 3.63) is 46.3 Å². The van der Waals surface area contributed by atoms with Crippen LogP contribution in [0.2, 0.25) is 0 Å². The molecule has 0 aliphatic heterocycles. The van der Waals surface area contributed by atoms with E-state index < -0.39 is 0 Å². The van der Waals surface area contributed by atoms with E-state index in [4.69, 9.17) is 0 Å². The Balaban J connectivity index is 1.79. The standard InChI is InChI=1S/C17H20N2OS/c1-19(2)10-9-18-17(20)15-11-13-8-7-12-5-3-4-6-14(12)16(13)21-15/h3-6,11H,7-10H2,1-2H3,(H,18,20). The number of amides is 1. The second kappa shape index (κ2) is 6.00.